The van der Waals surface area contributed by atoms with E-state index in [2.05, 4.69) is 30.4 Å². The van der Waals surface area contributed by atoms with E-state index in [1.165, 1.54) is 18.5 Å². The number of nitrogens with one attached hydrogen (secondary N) is 2. The zero-order chi connectivity index (χ0) is 20.6. The molecule has 29 heavy (non-hydrogen) atoms. The van der Waals surface area contributed by atoms with Gasteiger partial charge in [-0.15, -0.1) is 0 Å². The molecule has 3 rings (SSSR count). The van der Waals surface area contributed by atoms with E-state index in [-0.39, 0.29) is 12.3 Å². The number of ether oxygens (including phenoxy) is 1. The fourth-order valence-electron chi connectivity index (χ4n) is 2.59. The number of hydrogen-bond acceptors (Lipinski definition) is 4. The molecule has 1 aromatic heterocycles. The van der Waals surface area contributed by atoms with Crippen LogP contribution in [-0.4, -0.2) is 34.4 Å². The van der Waals surface area contributed by atoms with E-state index in [9.17, 15) is 8.78 Å². The van der Waals surface area contributed by atoms with Gasteiger partial charge in [-0.1, -0.05) is 23.7 Å². The SMILES string of the molecule is CN=C(NCc1ccc(-n2cncn2)cc1)NCc1cc(Cl)ccc1OC(F)F. The van der Waals surface area contributed by atoms with E-state index >= 15 is 0 Å². The summed E-state index contributed by atoms with van der Waals surface area (Å²) in [6.07, 6.45) is 3.10. The van der Waals surface area contributed by atoms with Crippen molar-refractivity contribution < 1.29 is 13.5 Å². The van der Waals surface area contributed by atoms with Crippen LogP contribution in [0.25, 0.3) is 5.69 Å². The molecule has 0 bridgehead atoms. The number of aliphatic imine (C=N–C) groups is 1. The van der Waals surface area contributed by atoms with Crippen LogP contribution in [0.5, 0.6) is 5.75 Å². The lowest BCUT2D eigenvalue weighted by Gasteiger charge is -2.15. The quantitative estimate of drug-likeness (QED) is 0.452. The Labute approximate surface area is 171 Å². The predicted molar refractivity (Wildman–Crippen MR) is 106 cm³/mol. The molecule has 0 fully saturated rings. The van der Waals surface area contributed by atoms with Crippen molar-refractivity contribution in [1.82, 2.24) is 25.4 Å². The first-order valence-electron chi connectivity index (χ1n) is 8.67. The number of benzene rings is 2. The molecule has 0 radical (unpaired) electrons. The molecule has 1 heterocycles. The number of nitrogens with zero attached hydrogens (tertiary/aromatic N) is 4. The predicted octanol–water partition coefficient (Wildman–Crippen LogP) is 3.39. The molecule has 0 spiro atoms. The molecule has 10 heteroatoms. The Bertz CT molecular complexity index is 948. The van der Waals surface area contributed by atoms with Crippen molar-refractivity contribution in [3.8, 4) is 11.4 Å². The molecule has 0 aliphatic carbocycles. The van der Waals surface area contributed by atoms with Gasteiger partial charge in [0.25, 0.3) is 0 Å². The number of hydrogen-bond donors (Lipinski definition) is 2. The fourth-order valence-corrected chi connectivity index (χ4v) is 2.79. The molecular weight excluding hydrogens is 402 g/mol. The molecule has 7 nitrogen and oxygen atoms in total. The maximum atomic E-state index is 12.6. The zero-order valence-corrected chi connectivity index (χ0v) is 16.3. The lowest BCUT2D eigenvalue weighted by atomic mass is 10.2. The number of guanidine groups is 1. The van der Waals surface area contributed by atoms with Crippen molar-refractivity contribution >= 4 is 17.6 Å². The maximum Gasteiger partial charge on any atom is 0.387 e. The summed E-state index contributed by atoms with van der Waals surface area (Å²) in [4.78, 5) is 8.06. The first-order valence-corrected chi connectivity index (χ1v) is 9.04. The van der Waals surface area contributed by atoms with E-state index in [1.807, 2.05) is 24.3 Å². The Kier molecular flexibility index (Phi) is 6.96. The van der Waals surface area contributed by atoms with Crippen molar-refractivity contribution in [3.63, 3.8) is 0 Å². The van der Waals surface area contributed by atoms with Crippen molar-refractivity contribution in [2.75, 3.05) is 7.05 Å². The molecule has 0 saturated heterocycles. The first kappa shape index (κ1) is 20.5. The van der Waals surface area contributed by atoms with Crippen molar-refractivity contribution in [2.45, 2.75) is 19.7 Å². The van der Waals surface area contributed by atoms with Crippen molar-refractivity contribution in [2.24, 2.45) is 4.99 Å². The van der Waals surface area contributed by atoms with Gasteiger partial charge in [0.1, 0.15) is 18.4 Å². The second-order valence-corrected chi connectivity index (χ2v) is 6.35. The van der Waals surface area contributed by atoms with Gasteiger partial charge in [0.15, 0.2) is 5.96 Å². The van der Waals surface area contributed by atoms with Crippen LogP contribution in [0.1, 0.15) is 11.1 Å². The van der Waals surface area contributed by atoms with Crippen LogP contribution in [-0.2, 0) is 13.1 Å². The maximum absolute atomic E-state index is 12.6. The summed E-state index contributed by atoms with van der Waals surface area (Å²) in [7, 11) is 1.62. The molecule has 3 aromatic rings. The standard InChI is InChI=1S/C19H19ClF2N6O/c1-23-19(26-10-14-8-15(20)4-7-17(14)29-18(21)22)25-9-13-2-5-16(6-3-13)28-12-24-11-27-28/h2-8,11-12,18H,9-10H2,1H3,(H2,23,25,26). The van der Waals surface area contributed by atoms with Gasteiger partial charge >= 0.3 is 6.61 Å². The number of rotatable bonds is 7. The molecule has 0 unspecified atom stereocenters. The van der Waals surface area contributed by atoms with E-state index in [4.69, 9.17) is 11.6 Å². The number of halogens is 3. The Balaban J connectivity index is 1.57. The Hall–Kier alpha value is -3.20. The number of alkyl halides is 2. The normalized spacial score (nSPS) is 11.6. The molecule has 0 aliphatic rings. The minimum absolute atomic E-state index is 0.0658. The van der Waals surface area contributed by atoms with Gasteiger partial charge in [0.05, 0.1) is 5.69 Å². The Morgan fingerprint density at radius 3 is 2.59 bits per heavy atom. The monoisotopic (exact) mass is 420 g/mol. The number of aromatic nitrogens is 3. The summed E-state index contributed by atoms with van der Waals surface area (Å²) in [5, 5.41) is 10.7. The van der Waals surface area contributed by atoms with Crippen LogP contribution < -0.4 is 15.4 Å². The molecule has 2 N–H and O–H groups in total. The first-order chi connectivity index (χ1) is 14.0. The van der Waals surface area contributed by atoms with E-state index in [0.29, 0.717) is 23.1 Å². The Morgan fingerprint density at radius 1 is 1.17 bits per heavy atom. The highest BCUT2D eigenvalue weighted by Crippen LogP contribution is 2.24. The van der Waals surface area contributed by atoms with E-state index in [0.717, 1.165) is 11.3 Å². The largest absolute Gasteiger partial charge is 0.434 e. The Morgan fingerprint density at radius 2 is 1.93 bits per heavy atom. The van der Waals surface area contributed by atoms with Gasteiger partial charge in [-0.25, -0.2) is 9.67 Å². The van der Waals surface area contributed by atoms with Crippen LogP contribution in [0, 0.1) is 0 Å². The van der Waals surface area contributed by atoms with Crippen molar-refractivity contribution in [1.29, 1.82) is 0 Å². The highest BCUT2D eigenvalue weighted by atomic mass is 35.5. The van der Waals surface area contributed by atoms with Crippen LogP contribution >= 0.6 is 11.6 Å². The van der Waals surface area contributed by atoms with E-state index in [1.54, 1.807) is 24.1 Å². The van der Waals surface area contributed by atoms with Gasteiger partial charge < -0.3 is 15.4 Å². The van der Waals surface area contributed by atoms with Crippen LogP contribution in [0.2, 0.25) is 5.02 Å². The fraction of sp³-hybridized carbons (Fsp3) is 0.211. The van der Waals surface area contributed by atoms with Gasteiger partial charge in [0.2, 0.25) is 0 Å². The molecular formula is C19H19ClF2N6O. The van der Waals surface area contributed by atoms with Crippen molar-refractivity contribution in [3.05, 3.63) is 71.3 Å². The summed E-state index contributed by atoms with van der Waals surface area (Å²) >= 11 is 5.97. The van der Waals surface area contributed by atoms with E-state index < -0.39 is 6.61 Å². The average Bonchev–Trinajstić information content (AvgIpc) is 3.25. The minimum Gasteiger partial charge on any atom is -0.434 e. The van der Waals surface area contributed by atoms with Crippen LogP contribution in [0.3, 0.4) is 0 Å². The van der Waals surface area contributed by atoms with Gasteiger partial charge in [-0.2, -0.15) is 13.9 Å². The lowest BCUT2D eigenvalue weighted by molar-refractivity contribution is -0.0504. The summed E-state index contributed by atoms with van der Waals surface area (Å²) in [5.74, 6) is 0.573. The van der Waals surface area contributed by atoms with Gasteiger partial charge in [-0.05, 0) is 35.9 Å². The van der Waals surface area contributed by atoms with Gasteiger partial charge in [0, 0.05) is 30.7 Å². The zero-order valence-electron chi connectivity index (χ0n) is 15.5. The minimum atomic E-state index is -2.91. The second kappa shape index (κ2) is 9.83. The van der Waals surface area contributed by atoms with Gasteiger partial charge in [-0.3, -0.25) is 4.99 Å². The topological polar surface area (TPSA) is 76.4 Å². The molecule has 0 aliphatic heterocycles. The molecule has 0 saturated carbocycles. The highest BCUT2D eigenvalue weighted by molar-refractivity contribution is 6.30. The third-order valence-electron chi connectivity index (χ3n) is 3.99. The molecule has 2 aromatic carbocycles. The summed E-state index contributed by atoms with van der Waals surface area (Å²) in [5.41, 5.74) is 2.43. The van der Waals surface area contributed by atoms with Crippen LogP contribution in [0.15, 0.2) is 60.1 Å². The molecule has 0 amide bonds. The highest BCUT2D eigenvalue weighted by Gasteiger charge is 2.11. The third-order valence-corrected chi connectivity index (χ3v) is 4.22. The summed E-state index contributed by atoms with van der Waals surface area (Å²) < 4.78 is 31.3. The summed E-state index contributed by atoms with van der Waals surface area (Å²) in [6, 6.07) is 12.3. The molecule has 152 valence electrons. The summed E-state index contributed by atoms with van der Waals surface area (Å²) in [6.45, 7) is -2.17. The smallest absolute Gasteiger partial charge is 0.387 e. The third kappa shape index (κ3) is 5.89. The lowest BCUT2D eigenvalue weighted by Crippen LogP contribution is -2.36. The second-order valence-electron chi connectivity index (χ2n) is 5.92. The molecule has 0 atom stereocenters. The van der Waals surface area contributed by atoms with Crippen LogP contribution in [0.4, 0.5) is 8.78 Å². The average molecular weight is 421 g/mol.